The lowest BCUT2D eigenvalue weighted by atomic mass is 10.0. The van der Waals surface area contributed by atoms with E-state index in [-0.39, 0.29) is 5.82 Å². The standard InChI is InChI=1S/C12H17FO2/c1-3-5-12(14)10-8-9(15-4-2)6-7-11(10)13/h6-8,12,14H,3-5H2,1-2H3. The smallest absolute Gasteiger partial charge is 0.129 e. The van der Waals surface area contributed by atoms with Gasteiger partial charge in [-0.3, -0.25) is 0 Å². The quantitative estimate of drug-likeness (QED) is 0.812. The Labute approximate surface area is 89.7 Å². The van der Waals surface area contributed by atoms with E-state index in [4.69, 9.17) is 4.74 Å². The van der Waals surface area contributed by atoms with Gasteiger partial charge < -0.3 is 9.84 Å². The molecule has 2 nitrogen and oxygen atoms in total. The minimum Gasteiger partial charge on any atom is -0.494 e. The van der Waals surface area contributed by atoms with Crippen LogP contribution in [-0.2, 0) is 0 Å². The van der Waals surface area contributed by atoms with Gasteiger partial charge in [0.25, 0.3) is 0 Å². The molecule has 0 radical (unpaired) electrons. The van der Waals surface area contributed by atoms with E-state index in [9.17, 15) is 9.50 Å². The molecular weight excluding hydrogens is 195 g/mol. The van der Waals surface area contributed by atoms with Gasteiger partial charge in [0.2, 0.25) is 0 Å². The predicted molar refractivity (Wildman–Crippen MR) is 57.4 cm³/mol. The van der Waals surface area contributed by atoms with E-state index in [1.807, 2.05) is 13.8 Å². The average Bonchev–Trinajstić information content (AvgIpc) is 2.21. The van der Waals surface area contributed by atoms with E-state index < -0.39 is 6.10 Å². The topological polar surface area (TPSA) is 29.5 Å². The van der Waals surface area contributed by atoms with Crippen LogP contribution in [0.2, 0.25) is 0 Å². The fraction of sp³-hybridized carbons (Fsp3) is 0.500. The fourth-order valence-corrected chi connectivity index (χ4v) is 1.46. The van der Waals surface area contributed by atoms with Crippen LogP contribution in [0, 0.1) is 5.82 Å². The first-order valence-corrected chi connectivity index (χ1v) is 5.29. The number of hydrogen-bond acceptors (Lipinski definition) is 2. The number of benzene rings is 1. The van der Waals surface area contributed by atoms with Crippen molar-refractivity contribution in [3.8, 4) is 5.75 Å². The average molecular weight is 212 g/mol. The second kappa shape index (κ2) is 5.71. The summed E-state index contributed by atoms with van der Waals surface area (Å²) >= 11 is 0. The molecule has 0 aromatic heterocycles. The van der Waals surface area contributed by atoms with Crippen LogP contribution in [0.15, 0.2) is 18.2 Å². The highest BCUT2D eigenvalue weighted by atomic mass is 19.1. The Balaban J connectivity index is 2.89. The first kappa shape index (κ1) is 12.0. The number of ether oxygens (including phenoxy) is 1. The van der Waals surface area contributed by atoms with Gasteiger partial charge in [-0.15, -0.1) is 0 Å². The van der Waals surface area contributed by atoms with E-state index in [1.54, 1.807) is 12.1 Å². The zero-order chi connectivity index (χ0) is 11.3. The van der Waals surface area contributed by atoms with Crippen molar-refractivity contribution in [2.75, 3.05) is 6.61 Å². The van der Waals surface area contributed by atoms with Gasteiger partial charge in [0.15, 0.2) is 0 Å². The Morgan fingerprint density at radius 2 is 2.13 bits per heavy atom. The third-order valence-electron chi connectivity index (χ3n) is 2.20. The van der Waals surface area contributed by atoms with E-state index in [0.717, 1.165) is 6.42 Å². The van der Waals surface area contributed by atoms with Crippen molar-refractivity contribution < 1.29 is 14.2 Å². The predicted octanol–water partition coefficient (Wildman–Crippen LogP) is 3.06. The summed E-state index contributed by atoms with van der Waals surface area (Å²) in [4.78, 5) is 0. The van der Waals surface area contributed by atoms with Gasteiger partial charge in [0, 0.05) is 5.56 Å². The van der Waals surface area contributed by atoms with Crippen LogP contribution in [0.5, 0.6) is 5.75 Å². The van der Waals surface area contributed by atoms with Crippen molar-refractivity contribution in [2.24, 2.45) is 0 Å². The van der Waals surface area contributed by atoms with Crippen molar-refractivity contribution in [3.63, 3.8) is 0 Å². The fourth-order valence-electron chi connectivity index (χ4n) is 1.46. The summed E-state index contributed by atoms with van der Waals surface area (Å²) in [6.07, 6.45) is 0.641. The van der Waals surface area contributed by atoms with E-state index in [0.29, 0.717) is 24.3 Å². The molecule has 1 rings (SSSR count). The summed E-state index contributed by atoms with van der Waals surface area (Å²) < 4.78 is 18.6. The highest BCUT2D eigenvalue weighted by Crippen LogP contribution is 2.25. The van der Waals surface area contributed by atoms with Gasteiger partial charge in [0.05, 0.1) is 12.7 Å². The second-order valence-electron chi connectivity index (χ2n) is 3.42. The van der Waals surface area contributed by atoms with Crippen molar-refractivity contribution in [1.29, 1.82) is 0 Å². The minimum atomic E-state index is -0.740. The molecule has 1 aromatic carbocycles. The van der Waals surface area contributed by atoms with Crippen LogP contribution in [0.4, 0.5) is 4.39 Å². The SMILES string of the molecule is CCCC(O)c1cc(OCC)ccc1F. The third-order valence-corrected chi connectivity index (χ3v) is 2.20. The second-order valence-corrected chi connectivity index (χ2v) is 3.42. The molecule has 0 amide bonds. The molecule has 0 fully saturated rings. The van der Waals surface area contributed by atoms with Crippen LogP contribution in [0.3, 0.4) is 0 Å². The monoisotopic (exact) mass is 212 g/mol. The zero-order valence-corrected chi connectivity index (χ0v) is 9.16. The Hall–Kier alpha value is -1.09. The van der Waals surface area contributed by atoms with Gasteiger partial charge >= 0.3 is 0 Å². The summed E-state index contributed by atoms with van der Waals surface area (Å²) in [5.41, 5.74) is 0.322. The number of rotatable bonds is 5. The van der Waals surface area contributed by atoms with Crippen LogP contribution in [0.1, 0.15) is 38.4 Å². The largest absolute Gasteiger partial charge is 0.494 e. The molecular formula is C12H17FO2. The molecule has 0 heterocycles. The molecule has 0 aliphatic carbocycles. The highest BCUT2D eigenvalue weighted by Gasteiger charge is 2.12. The van der Waals surface area contributed by atoms with E-state index in [1.165, 1.54) is 6.07 Å². The van der Waals surface area contributed by atoms with Crippen molar-refractivity contribution in [2.45, 2.75) is 32.8 Å². The van der Waals surface area contributed by atoms with Crippen LogP contribution < -0.4 is 4.74 Å². The summed E-state index contributed by atoms with van der Waals surface area (Å²) in [5, 5.41) is 9.70. The zero-order valence-electron chi connectivity index (χ0n) is 9.16. The normalized spacial score (nSPS) is 12.5. The van der Waals surface area contributed by atoms with E-state index in [2.05, 4.69) is 0 Å². The minimum absolute atomic E-state index is 0.322. The molecule has 0 spiro atoms. The van der Waals surface area contributed by atoms with Gasteiger partial charge in [-0.25, -0.2) is 4.39 Å². The van der Waals surface area contributed by atoms with Crippen LogP contribution in [0.25, 0.3) is 0 Å². The van der Waals surface area contributed by atoms with Crippen molar-refractivity contribution in [1.82, 2.24) is 0 Å². The third kappa shape index (κ3) is 3.20. The molecule has 1 atom stereocenters. The summed E-state index contributed by atoms with van der Waals surface area (Å²) in [7, 11) is 0. The molecule has 1 unspecified atom stereocenters. The lowest BCUT2D eigenvalue weighted by Crippen LogP contribution is -2.01. The maximum Gasteiger partial charge on any atom is 0.129 e. The highest BCUT2D eigenvalue weighted by molar-refractivity contribution is 5.31. The lowest BCUT2D eigenvalue weighted by Gasteiger charge is -2.12. The summed E-state index contributed by atoms with van der Waals surface area (Å²) in [6.45, 7) is 4.36. The molecule has 3 heteroatoms. The van der Waals surface area contributed by atoms with E-state index >= 15 is 0 Å². The summed E-state index contributed by atoms with van der Waals surface area (Å²) in [5.74, 6) is 0.225. The first-order valence-electron chi connectivity index (χ1n) is 5.29. The maximum absolute atomic E-state index is 13.4. The van der Waals surface area contributed by atoms with Gasteiger partial charge in [0.1, 0.15) is 11.6 Å². The number of halogens is 1. The molecule has 0 saturated heterocycles. The van der Waals surface area contributed by atoms with Crippen LogP contribution in [-0.4, -0.2) is 11.7 Å². The van der Waals surface area contributed by atoms with Crippen LogP contribution >= 0.6 is 0 Å². The molecule has 1 aromatic rings. The number of aliphatic hydroxyl groups excluding tert-OH is 1. The number of hydrogen-bond donors (Lipinski definition) is 1. The van der Waals surface area contributed by atoms with Crippen molar-refractivity contribution >= 4 is 0 Å². The summed E-state index contributed by atoms with van der Waals surface area (Å²) in [6, 6.07) is 4.47. The Morgan fingerprint density at radius 1 is 1.40 bits per heavy atom. The van der Waals surface area contributed by atoms with Gasteiger partial charge in [-0.1, -0.05) is 13.3 Å². The molecule has 0 aliphatic rings. The Kier molecular flexibility index (Phi) is 4.56. The molecule has 0 aliphatic heterocycles. The van der Waals surface area contributed by atoms with Gasteiger partial charge in [-0.05, 0) is 31.5 Å². The van der Waals surface area contributed by atoms with Crippen molar-refractivity contribution in [3.05, 3.63) is 29.6 Å². The molecule has 0 bridgehead atoms. The molecule has 15 heavy (non-hydrogen) atoms. The molecule has 1 N–H and O–H groups in total. The maximum atomic E-state index is 13.4. The first-order chi connectivity index (χ1) is 7.19. The molecule has 0 saturated carbocycles. The Morgan fingerprint density at radius 3 is 2.73 bits per heavy atom. The molecule has 84 valence electrons. The number of aliphatic hydroxyl groups is 1. The Bertz CT molecular complexity index is 312. The lowest BCUT2D eigenvalue weighted by molar-refractivity contribution is 0.161. The van der Waals surface area contributed by atoms with Gasteiger partial charge in [-0.2, -0.15) is 0 Å².